The first-order valence-corrected chi connectivity index (χ1v) is 5.89. The van der Waals surface area contributed by atoms with E-state index in [-0.39, 0.29) is 18.0 Å². The summed E-state index contributed by atoms with van der Waals surface area (Å²) in [6.45, 7) is 1.68. The fourth-order valence-electron chi connectivity index (χ4n) is 2.19. The molecule has 1 fully saturated rings. The second kappa shape index (κ2) is 5.00. The van der Waals surface area contributed by atoms with Crippen LogP contribution in [0.25, 0.3) is 0 Å². The molecule has 5 nitrogen and oxygen atoms in total. The molecule has 1 aliphatic rings. The van der Waals surface area contributed by atoms with Crippen molar-refractivity contribution >= 4 is 24.1 Å². The van der Waals surface area contributed by atoms with Crippen LogP contribution in [0.5, 0.6) is 0 Å². The number of nitriles is 1. The van der Waals surface area contributed by atoms with Gasteiger partial charge in [0, 0.05) is 30.4 Å². The molecular formula is C12H14BN3O2. The maximum Gasteiger partial charge on any atom is 0.337 e. The Balaban J connectivity index is 2.18. The van der Waals surface area contributed by atoms with E-state index in [1.165, 1.54) is 0 Å². The van der Waals surface area contributed by atoms with Crippen LogP contribution in [0.15, 0.2) is 18.2 Å². The number of carbonyl (C=O) groups is 1. The lowest BCUT2D eigenvalue weighted by Crippen LogP contribution is -2.36. The summed E-state index contributed by atoms with van der Waals surface area (Å²) in [5.74, 6) is 1.26. The van der Waals surface area contributed by atoms with Crippen molar-refractivity contribution in [3.8, 4) is 5.97 Å². The molecule has 0 amide bonds. The molecule has 18 heavy (non-hydrogen) atoms. The lowest BCUT2D eigenvalue weighted by molar-refractivity contribution is 0.0698. The van der Waals surface area contributed by atoms with Gasteiger partial charge in [-0.05, 0) is 30.8 Å². The van der Waals surface area contributed by atoms with Crippen molar-refractivity contribution in [2.75, 3.05) is 23.7 Å². The first-order chi connectivity index (χ1) is 8.61. The highest BCUT2D eigenvalue weighted by Gasteiger charge is 2.23. The van der Waals surface area contributed by atoms with Gasteiger partial charge in [-0.15, -0.1) is 0 Å². The van der Waals surface area contributed by atoms with Crippen LogP contribution in [0.2, 0.25) is 12.6 Å². The van der Waals surface area contributed by atoms with Crippen LogP contribution in [-0.2, 0) is 0 Å². The molecule has 1 aromatic carbocycles. The van der Waals surface area contributed by atoms with Crippen molar-refractivity contribution in [3.63, 3.8) is 0 Å². The van der Waals surface area contributed by atoms with Gasteiger partial charge in [-0.25, -0.2) is 10.1 Å². The number of nitrogens with zero attached hydrogens (tertiary/aromatic N) is 2. The van der Waals surface area contributed by atoms with Gasteiger partial charge in [0.25, 0.3) is 6.71 Å². The molecule has 1 saturated heterocycles. The monoisotopic (exact) mass is 243 g/mol. The first-order valence-electron chi connectivity index (χ1n) is 5.89. The normalized spacial score (nSPS) is 15.3. The Hall–Kier alpha value is -2.16. The Bertz CT molecular complexity index is 505. The summed E-state index contributed by atoms with van der Waals surface area (Å²) in [6, 6.07) is 5.05. The SMILES string of the molecule is N#CB1CCN(c2ccc(N)c(C(=O)O)c2)CC1. The molecule has 0 aliphatic carbocycles. The van der Waals surface area contributed by atoms with E-state index in [4.69, 9.17) is 16.1 Å². The van der Waals surface area contributed by atoms with Gasteiger partial charge in [0.1, 0.15) is 0 Å². The molecule has 92 valence electrons. The van der Waals surface area contributed by atoms with Crippen LogP contribution >= 0.6 is 0 Å². The van der Waals surface area contributed by atoms with Crippen molar-refractivity contribution in [2.45, 2.75) is 12.6 Å². The van der Waals surface area contributed by atoms with Gasteiger partial charge >= 0.3 is 5.97 Å². The summed E-state index contributed by atoms with van der Waals surface area (Å²) in [4.78, 5) is 13.1. The standard InChI is InChI=1S/C12H14BN3O2/c14-8-13-3-5-16(6-4-13)9-1-2-11(15)10(7-9)12(17)18/h1-2,7H,3-6,15H2,(H,17,18). The minimum atomic E-state index is -1.01. The summed E-state index contributed by atoms with van der Waals surface area (Å²) >= 11 is 0. The van der Waals surface area contributed by atoms with Gasteiger partial charge in [-0.3, -0.25) is 0 Å². The van der Waals surface area contributed by atoms with Gasteiger partial charge in [-0.1, -0.05) is 0 Å². The van der Waals surface area contributed by atoms with E-state index in [0.29, 0.717) is 0 Å². The van der Waals surface area contributed by atoms with Gasteiger partial charge in [0.15, 0.2) is 0 Å². The predicted molar refractivity (Wildman–Crippen MR) is 71.0 cm³/mol. The second-order valence-electron chi connectivity index (χ2n) is 4.47. The summed E-state index contributed by atoms with van der Waals surface area (Å²) in [7, 11) is 0. The zero-order chi connectivity index (χ0) is 13.1. The van der Waals surface area contributed by atoms with Crippen molar-refractivity contribution in [3.05, 3.63) is 23.8 Å². The molecule has 1 aromatic rings. The molecule has 1 aliphatic heterocycles. The number of nitrogen functional groups attached to an aromatic ring is 1. The van der Waals surface area contributed by atoms with Crippen molar-refractivity contribution in [1.82, 2.24) is 0 Å². The van der Waals surface area contributed by atoms with Gasteiger partial charge in [0.05, 0.1) is 5.56 Å². The number of rotatable bonds is 2. The quantitative estimate of drug-likeness (QED) is 0.604. The molecule has 0 bridgehead atoms. The first kappa shape index (κ1) is 12.3. The fraction of sp³-hybridized carbons (Fsp3) is 0.333. The molecule has 0 aromatic heterocycles. The average Bonchev–Trinajstić information content (AvgIpc) is 2.39. The van der Waals surface area contributed by atoms with Gasteiger partial charge in [-0.2, -0.15) is 0 Å². The molecule has 3 N–H and O–H groups in total. The van der Waals surface area contributed by atoms with E-state index in [1.54, 1.807) is 12.1 Å². The Morgan fingerprint density at radius 2 is 2.11 bits per heavy atom. The molecule has 0 unspecified atom stereocenters. The second-order valence-corrected chi connectivity index (χ2v) is 4.47. The minimum Gasteiger partial charge on any atom is -0.478 e. The van der Waals surface area contributed by atoms with E-state index < -0.39 is 5.97 Å². The number of carboxylic acids is 1. The Kier molecular flexibility index (Phi) is 3.42. The summed E-state index contributed by atoms with van der Waals surface area (Å²) in [5.41, 5.74) is 6.89. The number of anilines is 2. The summed E-state index contributed by atoms with van der Waals surface area (Å²) < 4.78 is 0. The van der Waals surface area contributed by atoms with Crippen LogP contribution in [-0.4, -0.2) is 30.9 Å². The Labute approximate surface area is 106 Å². The molecule has 0 radical (unpaired) electrons. The third-order valence-corrected chi connectivity index (χ3v) is 3.31. The topological polar surface area (TPSA) is 90.4 Å². The van der Waals surface area contributed by atoms with Crippen LogP contribution in [0.3, 0.4) is 0 Å². The maximum absolute atomic E-state index is 11.0. The van der Waals surface area contributed by atoms with E-state index in [0.717, 1.165) is 31.4 Å². The molecule has 6 heteroatoms. The highest BCUT2D eigenvalue weighted by atomic mass is 16.4. The zero-order valence-corrected chi connectivity index (χ0v) is 9.97. The van der Waals surface area contributed by atoms with Crippen LogP contribution in [0.4, 0.5) is 11.4 Å². The van der Waals surface area contributed by atoms with Crippen LogP contribution in [0, 0.1) is 11.2 Å². The molecule has 1 heterocycles. The third kappa shape index (κ3) is 2.40. The zero-order valence-electron chi connectivity index (χ0n) is 9.97. The van der Waals surface area contributed by atoms with Crippen molar-refractivity contribution in [1.29, 1.82) is 5.26 Å². The third-order valence-electron chi connectivity index (χ3n) is 3.31. The fourth-order valence-corrected chi connectivity index (χ4v) is 2.19. The molecular weight excluding hydrogens is 229 g/mol. The van der Waals surface area contributed by atoms with Crippen molar-refractivity contribution < 1.29 is 9.90 Å². The van der Waals surface area contributed by atoms with Gasteiger partial charge in [0.2, 0.25) is 0 Å². The van der Waals surface area contributed by atoms with E-state index in [2.05, 4.69) is 10.9 Å². The van der Waals surface area contributed by atoms with Crippen LogP contribution < -0.4 is 10.6 Å². The van der Waals surface area contributed by atoms with E-state index >= 15 is 0 Å². The number of carboxylic acid groups (broad SMARTS) is 1. The average molecular weight is 243 g/mol. The molecule has 0 spiro atoms. The summed E-state index contributed by atoms with van der Waals surface area (Å²) in [6.07, 6.45) is 1.65. The molecule has 2 rings (SSSR count). The number of hydrogen-bond donors (Lipinski definition) is 2. The highest BCUT2D eigenvalue weighted by molar-refractivity contribution is 6.67. The number of benzene rings is 1. The highest BCUT2D eigenvalue weighted by Crippen LogP contribution is 2.24. The Morgan fingerprint density at radius 1 is 1.44 bits per heavy atom. The van der Waals surface area contributed by atoms with Crippen molar-refractivity contribution in [2.24, 2.45) is 0 Å². The van der Waals surface area contributed by atoms with E-state index in [9.17, 15) is 4.79 Å². The predicted octanol–water partition coefficient (Wildman–Crippen LogP) is 1.34. The number of nitrogens with two attached hydrogens (primary N) is 1. The molecule has 0 saturated carbocycles. The minimum absolute atomic E-state index is 0.119. The Morgan fingerprint density at radius 3 is 2.67 bits per heavy atom. The maximum atomic E-state index is 11.0. The number of hydrogen-bond acceptors (Lipinski definition) is 4. The lowest BCUT2D eigenvalue weighted by atomic mass is 9.45. The molecule has 0 atom stereocenters. The summed E-state index contributed by atoms with van der Waals surface area (Å²) in [5, 5.41) is 17.9. The van der Waals surface area contributed by atoms with Crippen LogP contribution in [0.1, 0.15) is 10.4 Å². The lowest BCUT2D eigenvalue weighted by Gasteiger charge is -2.30. The smallest absolute Gasteiger partial charge is 0.337 e. The van der Waals surface area contributed by atoms with E-state index in [1.807, 2.05) is 6.07 Å². The number of aromatic carboxylic acids is 1. The van der Waals surface area contributed by atoms with Gasteiger partial charge < -0.3 is 15.7 Å². The largest absolute Gasteiger partial charge is 0.478 e.